The van der Waals surface area contributed by atoms with Crippen LogP contribution >= 0.6 is 0 Å². The number of allylic oxidation sites excluding steroid dienone is 10. The number of nitrogens with one attached hydrogen (secondary N) is 1. The highest BCUT2D eigenvalue weighted by Gasteiger charge is 2.51. The first-order chi connectivity index (χ1) is 45.1. The van der Waals surface area contributed by atoms with Crippen LogP contribution in [0.5, 0.6) is 0 Å². The molecule has 538 valence electrons. The lowest BCUT2D eigenvalue weighted by Crippen LogP contribution is -2.65. The Hall–Kier alpha value is -2.31. The minimum atomic E-state index is -1.79. The molecule has 14 heteroatoms. The van der Waals surface area contributed by atoms with Crippen molar-refractivity contribution in [3.63, 3.8) is 0 Å². The summed E-state index contributed by atoms with van der Waals surface area (Å²) in [4.78, 5) is 13.4. The second-order valence-electron chi connectivity index (χ2n) is 27.1. The van der Waals surface area contributed by atoms with Gasteiger partial charge in [-0.25, -0.2) is 0 Å². The molecule has 2 rings (SSSR count). The molecule has 2 heterocycles. The van der Waals surface area contributed by atoms with Crippen molar-refractivity contribution >= 4 is 5.91 Å². The van der Waals surface area contributed by atoms with Gasteiger partial charge in [-0.2, -0.15) is 0 Å². The zero-order valence-electron chi connectivity index (χ0n) is 58.8. The van der Waals surface area contributed by atoms with E-state index in [1.54, 1.807) is 0 Å². The average Bonchev–Trinajstić information content (AvgIpc) is 0.882. The molecule has 0 aromatic rings. The first-order valence-corrected chi connectivity index (χ1v) is 38.5. The molecule has 9 N–H and O–H groups in total. The van der Waals surface area contributed by atoms with Gasteiger partial charge in [-0.3, -0.25) is 4.79 Å². The van der Waals surface area contributed by atoms with Crippen molar-refractivity contribution in [3.8, 4) is 0 Å². The van der Waals surface area contributed by atoms with Crippen molar-refractivity contribution in [2.24, 2.45) is 0 Å². The van der Waals surface area contributed by atoms with Gasteiger partial charge in [0.1, 0.15) is 48.8 Å². The van der Waals surface area contributed by atoms with E-state index in [1.807, 2.05) is 0 Å². The van der Waals surface area contributed by atoms with Gasteiger partial charge < -0.3 is 65.1 Å². The van der Waals surface area contributed by atoms with Crippen molar-refractivity contribution in [3.05, 3.63) is 60.8 Å². The van der Waals surface area contributed by atoms with Gasteiger partial charge in [0.2, 0.25) is 5.91 Å². The van der Waals surface area contributed by atoms with Crippen LogP contribution in [-0.2, 0) is 23.7 Å². The molecule has 0 radical (unpaired) electrons. The molecule has 92 heavy (non-hydrogen) atoms. The molecule has 12 atom stereocenters. The first kappa shape index (κ1) is 85.8. The van der Waals surface area contributed by atoms with Crippen molar-refractivity contribution < 1.29 is 64.6 Å². The molecule has 0 aliphatic carbocycles. The molecule has 0 aromatic heterocycles. The largest absolute Gasteiger partial charge is 0.394 e. The number of hydrogen-bond donors (Lipinski definition) is 9. The van der Waals surface area contributed by atoms with E-state index < -0.39 is 86.8 Å². The zero-order valence-corrected chi connectivity index (χ0v) is 58.8. The zero-order chi connectivity index (χ0) is 66.6. The normalized spacial score (nSPS) is 23.0. The second kappa shape index (κ2) is 62.2. The predicted molar refractivity (Wildman–Crippen MR) is 378 cm³/mol. The summed E-state index contributed by atoms with van der Waals surface area (Å²) in [5.41, 5.74) is 0. The van der Waals surface area contributed by atoms with Crippen LogP contribution in [-0.4, -0.2) is 140 Å². The molecule has 2 aliphatic rings. The van der Waals surface area contributed by atoms with Crippen LogP contribution in [0.1, 0.15) is 335 Å². The Morgan fingerprint density at radius 1 is 0.402 bits per heavy atom. The fraction of sp³-hybridized carbons (Fsp3) is 0.859. The third kappa shape index (κ3) is 45.2. The second-order valence-corrected chi connectivity index (χ2v) is 27.1. The molecule has 14 nitrogen and oxygen atoms in total. The Balaban J connectivity index is 1.63. The molecular weight excluding hydrogens is 1160 g/mol. The SMILES string of the molecule is CC/C=C\C/C=C\C/C=C\C/C=C\C/C=C\CCCCCCCCCCCCCC(=O)NC(COC1OC(CO)C(OC2OC(CO)C(O)C(O)C2O)C(O)C1O)C(O)CCCCCCCCCCCCCCCCCCCCCCCCCCCCCCCCC. The monoisotopic (exact) mass is 1300 g/mol. The molecule has 0 spiro atoms. The van der Waals surface area contributed by atoms with Gasteiger partial charge in [0, 0.05) is 6.42 Å². The summed E-state index contributed by atoms with van der Waals surface area (Å²) >= 11 is 0. The van der Waals surface area contributed by atoms with Gasteiger partial charge in [-0.05, 0) is 57.8 Å². The lowest BCUT2D eigenvalue weighted by Gasteiger charge is -2.46. The number of amides is 1. The van der Waals surface area contributed by atoms with E-state index in [0.29, 0.717) is 12.8 Å². The number of aliphatic hydroxyl groups is 8. The van der Waals surface area contributed by atoms with Crippen LogP contribution < -0.4 is 5.32 Å². The van der Waals surface area contributed by atoms with Crippen molar-refractivity contribution in [2.75, 3.05) is 19.8 Å². The Bertz CT molecular complexity index is 1780. The van der Waals surface area contributed by atoms with E-state index in [2.05, 4.69) is 79.9 Å². The molecule has 12 unspecified atom stereocenters. The van der Waals surface area contributed by atoms with Crippen molar-refractivity contribution in [1.29, 1.82) is 0 Å². The Morgan fingerprint density at radius 2 is 0.750 bits per heavy atom. The molecule has 0 saturated carbocycles. The lowest BCUT2D eigenvalue weighted by atomic mass is 9.97. The van der Waals surface area contributed by atoms with Crippen molar-refractivity contribution in [2.45, 2.75) is 408 Å². The standard InChI is InChI=1S/C78H143NO13/c1-3-5-7-9-11-13-15-17-19-21-23-25-27-29-31-32-33-34-36-37-39-41-43-45-47-49-51-53-55-57-59-61-67(82)66(65-89-77-75(88)73(86)76(69(64-81)91-77)92-78-74(87)72(85)71(84)68(63-80)90-78)79-70(83)62-60-58-56-54-52-50-48-46-44-42-40-38-35-30-28-26-24-22-20-18-16-14-12-10-8-6-4-2/h6,8,12,14,18,20,24,26,30,35,66-69,71-78,80-82,84-88H,3-5,7,9-11,13,15-17,19,21-23,25,27-29,31-34,36-65H2,1-2H3,(H,79,83)/b8-6-,14-12-,20-18-,26-24-,35-30-. The first-order valence-electron chi connectivity index (χ1n) is 38.5. The van der Waals surface area contributed by atoms with Gasteiger partial charge in [-0.15, -0.1) is 0 Å². The maximum atomic E-state index is 13.4. The molecule has 2 fully saturated rings. The van der Waals surface area contributed by atoms with E-state index in [0.717, 1.165) is 89.9 Å². The Labute approximate surface area is 562 Å². The molecule has 2 aliphatic heterocycles. The summed E-state index contributed by atoms with van der Waals surface area (Å²) in [6.45, 7) is 2.79. The van der Waals surface area contributed by atoms with Gasteiger partial charge in [0.15, 0.2) is 12.6 Å². The number of carbonyl (C=O) groups excluding carboxylic acids is 1. The molecule has 0 bridgehead atoms. The number of aliphatic hydroxyl groups excluding tert-OH is 8. The third-order valence-corrected chi connectivity index (χ3v) is 18.7. The molecule has 0 aromatic carbocycles. The summed E-state index contributed by atoms with van der Waals surface area (Å²) < 4.78 is 23.0. The Kier molecular flexibility index (Phi) is 58.0. The summed E-state index contributed by atoms with van der Waals surface area (Å²) in [6, 6.07) is -0.835. The summed E-state index contributed by atoms with van der Waals surface area (Å²) in [7, 11) is 0. The fourth-order valence-electron chi connectivity index (χ4n) is 12.7. The minimum Gasteiger partial charge on any atom is -0.394 e. The minimum absolute atomic E-state index is 0.207. The number of unbranched alkanes of at least 4 members (excludes halogenated alkanes) is 41. The van der Waals surface area contributed by atoms with Crippen molar-refractivity contribution in [1.82, 2.24) is 5.32 Å². The van der Waals surface area contributed by atoms with Gasteiger partial charge in [0.05, 0.1) is 32.0 Å². The van der Waals surface area contributed by atoms with Crippen LogP contribution in [0.2, 0.25) is 0 Å². The third-order valence-electron chi connectivity index (χ3n) is 18.7. The van der Waals surface area contributed by atoms with E-state index in [9.17, 15) is 45.6 Å². The summed E-state index contributed by atoms with van der Waals surface area (Å²) in [5, 5.41) is 87.8. The van der Waals surface area contributed by atoms with Gasteiger partial charge >= 0.3 is 0 Å². The summed E-state index contributed by atoms with van der Waals surface area (Å²) in [6.07, 6.45) is 66.8. The number of carbonyl (C=O) groups is 1. The Morgan fingerprint density at radius 3 is 1.15 bits per heavy atom. The molecular formula is C78H143NO13. The lowest BCUT2D eigenvalue weighted by molar-refractivity contribution is -0.359. The van der Waals surface area contributed by atoms with Crippen LogP contribution in [0.25, 0.3) is 0 Å². The highest BCUT2D eigenvalue weighted by atomic mass is 16.7. The van der Waals surface area contributed by atoms with E-state index in [-0.39, 0.29) is 12.5 Å². The van der Waals surface area contributed by atoms with Crippen LogP contribution in [0.3, 0.4) is 0 Å². The number of rotatable bonds is 64. The topological polar surface area (TPSA) is 228 Å². The maximum absolute atomic E-state index is 13.4. The number of hydrogen-bond acceptors (Lipinski definition) is 13. The highest BCUT2D eigenvalue weighted by molar-refractivity contribution is 5.76. The van der Waals surface area contributed by atoms with Crippen LogP contribution in [0, 0.1) is 0 Å². The fourth-order valence-corrected chi connectivity index (χ4v) is 12.7. The van der Waals surface area contributed by atoms with E-state index in [1.165, 1.54) is 218 Å². The van der Waals surface area contributed by atoms with Gasteiger partial charge in [-0.1, -0.05) is 331 Å². The van der Waals surface area contributed by atoms with Crippen LogP contribution in [0.4, 0.5) is 0 Å². The number of ether oxygens (including phenoxy) is 4. The van der Waals surface area contributed by atoms with Gasteiger partial charge in [0.25, 0.3) is 0 Å². The maximum Gasteiger partial charge on any atom is 0.220 e. The molecule has 2 saturated heterocycles. The van der Waals surface area contributed by atoms with E-state index >= 15 is 0 Å². The average molecular weight is 1300 g/mol. The highest BCUT2D eigenvalue weighted by Crippen LogP contribution is 2.30. The van der Waals surface area contributed by atoms with E-state index in [4.69, 9.17) is 18.9 Å². The molecule has 1 amide bonds. The van der Waals surface area contributed by atoms with Crippen LogP contribution in [0.15, 0.2) is 60.8 Å². The smallest absolute Gasteiger partial charge is 0.220 e. The summed E-state index contributed by atoms with van der Waals surface area (Å²) in [5.74, 6) is -0.207. The quantitative estimate of drug-likeness (QED) is 0.0204. The predicted octanol–water partition coefficient (Wildman–Crippen LogP) is 16.8.